The summed E-state index contributed by atoms with van der Waals surface area (Å²) in [4.78, 5) is 4.33. The van der Waals surface area contributed by atoms with Gasteiger partial charge in [0.05, 0.1) is 12.7 Å². The Morgan fingerprint density at radius 1 is 1.23 bits per heavy atom. The second-order valence-corrected chi connectivity index (χ2v) is 5.35. The van der Waals surface area contributed by atoms with Crippen LogP contribution >= 0.6 is 0 Å². The summed E-state index contributed by atoms with van der Waals surface area (Å²) >= 11 is 0. The minimum Gasteiger partial charge on any atom is -0.493 e. The molecule has 5 nitrogen and oxygen atoms in total. The van der Waals surface area contributed by atoms with Crippen LogP contribution in [0.2, 0.25) is 0 Å². The van der Waals surface area contributed by atoms with Crippen LogP contribution in [-0.2, 0) is 6.42 Å². The average Bonchev–Trinajstić information content (AvgIpc) is 3.17. The summed E-state index contributed by atoms with van der Waals surface area (Å²) < 4.78 is 11.0. The Morgan fingerprint density at radius 2 is 2.14 bits per heavy atom. The van der Waals surface area contributed by atoms with Crippen LogP contribution in [0.5, 0.6) is 5.75 Å². The molecule has 112 valence electrons. The molecule has 5 heteroatoms. The summed E-state index contributed by atoms with van der Waals surface area (Å²) in [7, 11) is 0. The third-order valence-corrected chi connectivity index (χ3v) is 3.84. The molecule has 3 aromatic rings. The van der Waals surface area contributed by atoms with Gasteiger partial charge in [-0.25, -0.2) is 0 Å². The van der Waals surface area contributed by atoms with Crippen molar-refractivity contribution in [3.63, 3.8) is 0 Å². The van der Waals surface area contributed by atoms with Crippen molar-refractivity contribution in [1.82, 2.24) is 4.98 Å². The van der Waals surface area contributed by atoms with Crippen molar-refractivity contribution in [1.29, 1.82) is 0 Å². The van der Waals surface area contributed by atoms with E-state index in [4.69, 9.17) is 9.15 Å². The molecular weight excluding hydrogens is 280 g/mol. The van der Waals surface area contributed by atoms with Crippen LogP contribution < -0.4 is 10.1 Å². The van der Waals surface area contributed by atoms with Crippen molar-refractivity contribution in [3.05, 3.63) is 53.6 Å². The molecule has 0 spiro atoms. The Bertz CT molecular complexity index is 780. The Balaban J connectivity index is 1.46. The zero-order valence-electron chi connectivity index (χ0n) is 12.0. The fourth-order valence-corrected chi connectivity index (χ4v) is 2.66. The van der Waals surface area contributed by atoms with E-state index in [2.05, 4.69) is 10.3 Å². The van der Waals surface area contributed by atoms with Crippen molar-refractivity contribution < 1.29 is 14.3 Å². The highest BCUT2D eigenvalue weighted by atomic mass is 16.5. The van der Waals surface area contributed by atoms with Gasteiger partial charge < -0.3 is 19.6 Å². The third-order valence-electron chi connectivity index (χ3n) is 3.84. The second kappa shape index (κ2) is 5.35. The molecule has 1 atom stereocenters. The van der Waals surface area contributed by atoms with Gasteiger partial charge in [0, 0.05) is 13.0 Å². The molecule has 0 aliphatic carbocycles. The number of aliphatic hydroxyl groups excluding tert-OH is 1. The Hall–Kier alpha value is -2.53. The molecule has 2 heterocycles. The van der Waals surface area contributed by atoms with E-state index in [0.717, 1.165) is 41.0 Å². The molecule has 2 aromatic carbocycles. The predicted octanol–water partition coefficient (Wildman–Crippen LogP) is 2.91. The zero-order chi connectivity index (χ0) is 14.9. The lowest BCUT2D eigenvalue weighted by Gasteiger charge is -2.12. The number of benzene rings is 2. The van der Waals surface area contributed by atoms with Gasteiger partial charge in [0.1, 0.15) is 11.3 Å². The van der Waals surface area contributed by atoms with Gasteiger partial charge in [0.25, 0.3) is 6.01 Å². The number of hydrogen-bond donors (Lipinski definition) is 2. The normalized spacial score (nSPS) is 14.6. The summed E-state index contributed by atoms with van der Waals surface area (Å²) in [6, 6.07) is 13.8. The largest absolute Gasteiger partial charge is 0.493 e. The number of anilines is 1. The number of ether oxygens (including phenoxy) is 1. The second-order valence-electron chi connectivity index (χ2n) is 5.35. The lowest BCUT2D eigenvalue weighted by Crippen LogP contribution is -2.12. The van der Waals surface area contributed by atoms with Crippen LogP contribution in [0, 0.1) is 0 Å². The molecule has 0 fully saturated rings. The molecule has 22 heavy (non-hydrogen) atoms. The molecule has 1 unspecified atom stereocenters. The van der Waals surface area contributed by atoms with Crippen LogP contribution in [0.4, 0.5) is 6.01 Å². The fourth-order valence-electron chi connectivity index (χ4n) is 2.66. The van der Waals surface area contributed by atoms with Gasteiger partial charge in [0.2, 0.25) is 0 Å². The lowest BCUT2D eigenvalue weighted by molar-refractivity contribution is 0.190. The molecule has 0 radical (unpaired) electrons. The first-order chi connectivity index (χ1) is 10.8. The summed E-state index contributed by atoms with van der Waals surface area (Å²) in [6.07, 6.45) is 0.273. The van der Waals surface area contributed by atoms with Gasteiger partial charge in [-0.15, -0.1) is 0 Å². The van der Waals surface area contributed by atoms with E-state index in [0.29, 0.717) is 12.6 Å². The van der Waals surface area contributed by atoms with Crippen LogP contribution in [-0.4, -0.2) is 23.2 Å². The number of nitrogens with zero attached hydrogens (tertiary/aromatic N) is 1. The van der Waals surface area contributed by atoms with Crippen LogP contribution in [0.3, 0.4) is 0 Å². The Labute approximate surface area is 127 Å². The molecule has 1 aliphatic rings. The number of nitrogens with one attached hydrogen (secondary N) is 1. The molecular formula is C17H16N2O3. The number of para-hydroxylation sites is 2. The Kier molecular flexibility index (Phi) is 3.20. The van der Waals surface area contributed by atoms with E-state index < -0.39 is 6.10 Å². The van der Waals surface area contributed by atoms with Gasteiger partial charge >= 0.3 is 0 Å². The predicted molar refractivity (Wildman–Crippen MR) is 83.1 cm³/mol. The van der Waals surface area contributed by atoms with E-state index in [9.17, 15) is 5.11 Å². The SMILES string of the molecule is OC(CNc1nc2ccccc2o1)c1ccc2c(c1)CCO2. The number of fused-ring (bicyclic) bond motifs is 2. The summed E-state index contributed by atoms with van der Waals surface area (Å²) in [5.74, 6) is 0.919. The fraction of sp³-hybridized carbons (Fsp3) is 0.235. The van der Waals surface area contributed by atoms with Crippen molar-refractivity contribution in [2.24, 2.45) is 0 Å². The maximum Gasteiger partial charge on any atom is 0.295 e. The molecule has 2 N–H and O–H groups in total. The quantitative estimate of drug-likeness (QED) is 0.775. The first kappa shape index (κ1) is 13.2. The van der Waals surface area contributed by atoms with Gasteiger partial charge in [-0.3, -0.25) is 0 Å². The lowest BCUT2D eigenvalue weighted by atomic mass is 10.0. The monoisotopic (exact) mass is 296 g/mol. The summed E-state index contributed by atoms with van der Waals surface area (Å²) in [6.45, 7) is 1.06. The van der Waals surface area contributed by atoms with Crippen molar-refractivity contribution in [2.45, 2.75) is 12.5 Å². The van der Waals surface area contributed by atoms with Crippen molar-refractivity contribution >= 4 is 17.1 Å². The van der Waals surface area contributed by atoms with Crippen LogP contribution in [0.1, 0.15) is 17.2 Å². The number of aromatic nitrogens is 1. The summed E-state index contributed by atoms with van der Waals surface area (Å²) in [5, 5.41) is 13.4. The molecule has 0 amide bonds. The zero-order valence-corrected chi connectivity index (χ0v) is 12.0. The van der Waals surface area contributed by atoms with Crippen LogP contribution in [0.25, 0.3) is 11.1 Å². The molecule has 0 saturated carbocycles. The third kappa shape index (κ3) is 2.40. The van der Waals surface area contributed by atoms with Crippen LogP contribution in [0.15, 0.2) is 46.9 Å². The number of oxazole rings is 1. The topological polar surface area (TPSA) is 67.5 Å². The average molecular weight is 296 g/mol. The Morgan fingerprint density at radius 3 is 3.05 bits per heavy atom. The highest BCUT2D eigenvalue weighted by molar-refractivity contribution is 5.74. The van der Waals surface area contributed by atoms with E-state index in [1.165, 1.54) is 0 Å². The molecule has 1 aliphatic heterocycles. The molecule has 1 aromatic heterocycles. The van der Waals surface area contributed by atoms with E-state index in [1.807, 2.05) is 42.5 Å². The van der Waals surface area contributed by atoms with Gasteiger partial charge in [0.15, 0.2) is 5.58 Å². The number of rotatable bonds is 4. The van der Waals surface area contributed by atoms with Crippen molar-refractivity contribution in [2.75, 3.05) is 18.5 Å². The number of hydrogen-bond acceptors (Lipinski definition) is 5. The first-order valence-electron chi connectivity index (χ1n) is 7.33. The van der Waals surface area contributed by atoms with Crippen molar-refractivity contribution in [3.8, 4) is 5.75 Å². The van der Waals surface area contributed by atoms with Gasteiger partial charge in [-0.1, -0.05) is 18.2 Å². The molecule has 0 bridgehead atoms. The van der Waals surface area contributed by atoms with Gasteiger partial charge in [-0.05, 0) is 35.4 Å². The maximum absolute atomic E-state index is 10.3. The maximum atomic E-state index is 10.3. The van der Waals surface area contributed by atoms with E-state index >= 15 is 0 Å². The minimum atomic E-state index is -0.624. The highest BCUT2D eigenvalue weighted by Crippen LogP contribution is 2.28. The highest BCUT2D eigenvalue weighted by Gasteiger charge is 2.16. The summed E-state index contributed by atoms with van der Waals surface area (Å²) in [5.41, 5.74) is 3.55. The standard InChI is InChI=1S/C17H16N2O3/c20-14(11-5-6-15-12(9-11)7-8-21-15)10-18-17-19-13-3-1-2-4-16(13)22-17/h1-6,9,14,20H,7-8,10H2,(H,18,19). The smallest absolute Gasteiger partial charge is 0.295 e. The van der Waals surface area contributed by atoms with E-state index in [-0.39, 0.29) is 0 Å². The van der Waals surface area contributed by atoms with Gasteiger partial charge in [-0.2, -0.15) is 4.98 Å². The molecule has 4 rings (SSSR count). The number of aliphatic hydroxyl groups is 1. The molecule has 0 saturated heterocycles. The minimum absolute atomic E-state index is 0.340. The van der Waals surface area contributed by atoms with E-state index in [1.54, 1.807) is 0 Å². The first-order valence-corrected chi connectivity index (χ1v) is 7.33.